The lowest BCUT2D eigenvalue weighted by molar-refractivity contribution is -0.117. The van der Waals surface area contributed by atoms with Crippen molar-refractivity contribution < 1.29 is 4.79 Å². The fraction of sp³-hybridized carbons (Fsp3) is 0.312. The maximum atomic E-state index is 12.3. The molecule has 1 aliphatic rings. The second-order valence-electron chi connectivity index (χ2n) is 5.44. The average Bonchev–Trinajstić information content (AvgIpc) is 2.86. The second-order valence-corrected chi connectivity index (χ2v) is 5.44. The SMILES string of the molecule is Cc1ccc2ccccc2c1N1CC(CN=[N+]=[N-])CC1=O. The van der Waals surface area contributed by atoms with Crippen LogP contribution in [0.3, 0.4) is 0 Å². The summed E-state index contributed by atoms with van der Waals surface area (Å²) in [5, 5.41) is 5.82. The highest BCUT2D eigenvalue weighted by Gasteiger charge is 2.31. The molecule has 0 saturated carbocycles. The van der Waals surface area contributed by atoms with Gasteiger partial charge >= 0.3 is 0 Å². The van der Waals surface area contributed by atoms with Crippen LogP contribution in [0, 0.1) is 12.8 Å². The molecule has 106 valence electrons. The molecule has 21 heavy (non-hydrogen) atoms. The van der Waals surface area contributed by atoms with Crippen LogP contribution in [0.25, 0.3) is 21.2 Å². The normalized spacial score (nSPS) is 18.0. The molecule has 1 unspecified atom stereocenters. The summed E-state index contributed by atoms with van der Waals surface area (Å²) in [6.45, 7) is 3.02. The number of hydrogen-bond donors (Lipinski definition) is 0. The van der Waals surface area contributed by atoms with Crippen molar-refractivity contribution in [1.29, 1.82) is 0 Å². The van der Waals surface area contributed by atoms with Gasteiger partial charge in [-0.05, 0) is 29.3 Å². The standard InChI is InChI=1S/C16H16N4O/c1-11-6-7-13-4-2-3-5-14(13)16(11)20-10-12(8-15(20)21)9-18-19-17/h2-7,12H,8-10H2,1H3. The van der Waals surface area contributed by atoms with Crippen LogP contribution in [0.4, 0.5) is 5.69 Å². The van der Waals surface area contributed by atoms with E-state index in [4.69, 9.17) is 5.53 Å². The Hall–Kier alpha value is -2.52. The zero-order chi connectivity index (χ0) is 14.8. The summed E-state index contributed by atoms with van der Waals surface area (Å²) in [5.41, 5.74) is 10.5. The third-order valence-electron chi connectivity index (χ3n) is 3.98. The van der Waals surface area contributed by atoms with E-state index < -0.39 is 0 Å². The van der Waals surface area contributed by atoms with Crippen molar-refractivity contribution in [2.24, 2.45) is 11.0 Å². The van der Waals surface area contributed by atoms with Crippen molar-refractivity contribution in [3.63, 3.8) is 0 Å². The van der Waals surface area contributed by atoms with Gasteiger partial charge in [0.1, 0.15) is 0 Å². The fourth-order valence-corrected chi connectivity index (χ4v) is 2.99. The molecule has 0 N–H and O–H groups in total. The van der Waals surface area contributed by atoms with Crippen molar-refractivity contribution in [2.75, 3.05) is 18.0 Å². The monoisotopic (exact) mass is 280 g/mol. The van der Waals surface area contributed by atoms with Gasteiger partial charge in [-0.15, -0.1) is 0 Å². The lowest BCUT2D eigenvalue weighted by Crippen LogP contribution is -2.25. The summed E-state index contributed by atoms with van der Waals surface area (Å²) >= 11 is 0. The summed E-state index contributed by atoms with van der Waals surface area (Å²) in [6.07, 6.45) is 0.446. The van der Waals surface area contributed by atoms with Gasteiger partial charge in [-0.2, -0.15) is 0 Å². The zero-order valence-electron chi connectivity index (χ0n) is 11.9. The molecule has 0 bridgehead atoms. The summed E-state index contributed by atoms with van der Waals surface area (Å²) in [5.74, 6) is 0.208. The Balaban J connectivity index is 2.02. The molecule has 1 heterocycles. The van der Waals surface area contributed by atoms with Gasteiger partial charge in [-0.3, -0.25) is 4.79 Å². The van der Waals surface area contributed by atoms with Crippen LogP contribution >= 0.6 is 0 Å². The summed E-state index contributed by atoms with van der Waals surface area (Å²) in [4.78, 5) is 17.0. The van der Waals surface area contributed by atoms with Crippen LogP contribution in [-0.4, -0.2) is 19.0 Å². The van der Waals surface area contributed by atoms with Crippen LogP contribution in [0.5, 0.6) is 0 Å². The molecule has 5 nitrogen and oxygen atoms in total. The Morgan fingerprint density at radius 1 is 1.33 bits per heavy atom. The lowest BCUT2D eigenvalue weighted by Gasteiger charge is -2.21. The number of fused-ring (bicyclic) bond motifs is 1. The molecule has 1 saturated heterocycles. The van der Waals surface area contributed by atoms with Crippen LogP contribution in [0.1, 0.15) is 12.0 Å². The van der Waals surface area contributed by atoms with E-state index in [2.05, 4.69) is 22.2 Å². The van der Waals surface area contributed by atoms with Crippen molar-refractivity contribution in [3.8, 4) is 0 Å². The predicted octanol–water partition coefficient (Wildman–Crippen LogP) is 3.81. The Morgan fingerprint density at radius 2 is 2.14 bits per heavy atom. The Morgan fingerprint density at radius 3 is 2.95 bits per heavy atom. The molecular weight excluding hydrogens is 264 g/mol. The third kappa shape index (κ3) is 2.43. The number of aryl methyl sites for hydroxylation is 1. The maximum Gasteiger partial charge on any atom is 0.227 e. The number of nitrogens with zero attached hydrogens (tertiary/aromatic N) is 4. The van der Waals surface area contributed by atoms with E-state index in [1.54, 1.807) is 0 Å². The Labute approximate surface area is 122 Å². The zero-order valence-corrected chi connectivity index (χ0v) is 11.9. The van der Waals surface area contributed by atoms with Crippen LogP contribution < -0.4 is 4.90 Å². The van der Waals surface area contributed by atoms with Gasteiger partial charge < -0.3 is 4.90 Å². The predicted molar refractivity (Wildman–Crippen MR) is 83.2 cm³/mol. The van der Waals surface area contributed by atoms with E-state index in [1.165, 1.54) is 0 Å². The third-order valence-corrected chi connectivity index (χ3v) is 3.98. The fourth-order valence-electron chi connectivity index (χ4n) is 2.99. The summed E-state index contributed by atoms with van der Waals surface area (Å²) in [6, 6.07) is 12.2. The average molecular weight is 280 g/mol. The van der Waals surface area contributed by atoms with E-state index in [9.17, 15) is 4.79 Å². The van der Waals surface area contributed by atoms with Gasteiger partial charge in [-0.25, -0.2) is 0 Å². The minimum absolute atomic E-state index is 0.103. The van der Waals surface area contributed by atoms with Crippen molar-refractivity contribution in [1.82, 2.24) is 0 Å². The first kappa shape index (κ1) is 13.5. The van der Waals surface area contributed by atoms with Crippen molar-refractivity contribution in [3.05, 3.63) is 52.4 Å². The number of benzene rings is 2. The number of carbonyl (C=O) groups is 1. The minimum Gasteiger partial charge on any atom is -0.311 e. The molecule has 1 atom stereocenters. The van der Waals surface area contributed by atoms with E-state index in [0.29, 0.717) is 19.5 Å². The Kier molecular flexibility index (Phi) is 3.50. The molecule has 0 aromatic heterocycles. The van der Waals surface area contributed by atoms with Gasteiger partial charge in [0.2, 0.25) is 5.91 Å². The van der Waals surface area contributed by atoms with Gasteiger partial charge in [0.05, 0.1) is 5.69 Å². The van der Waals surface area contributed by atoms with Gasteiger partial charge in [0.25, 0.3) is 0 Å². The first-order valence-electron chi connectivity index (χ1n) is 7.00. The largest absolute Gasteiger partial charge is 0.311 e. The molecule has 1 aliphatic heterocycles. The smallest absolute Gasteiger partial charge is 0.227 e. The lowest BCUT2D eigenvalue weighted by atomic mass is 10.0. The van der Waals surface area contributed by atoms with Gasteiger partial charge in [0, 0.05) is 29.8 Å². The molecule has 0 spiro atoms. The molecule has 1 amide bonds. The molecule has 2 aromatic rings. The first-order valence-corrected chi connectivity index (χ1v) is 7.00. The van der Waals surface area contributed by atoms with Crippen molar-refractivity contribution in [2.45, 2.75) is 13.3 Å². The second kappa shape index (κ2) is 5.46. The van der Waals surface area contributed by atoms with Gasteiger partial charge in [0.15, 0.2) is 0 Å². The first-order chi connectivity index (χ1) is 10.2. The number of carbonyl (C=O) groups excluding carboxylic acids is 1. The highest BCUT2D eigenvalue weighted by molar-refractivity contribution is 6.06. The number of rotatable bonds is 3. The molecule has 1 fully saturated rings. The minimum atomic E-state index is 0.103. The van der Waals surface area contributed by atoms with E-state index in [1.807, 2.05) is 36.1 Å². The molecule has 3 rings (SSSR count). The quantitative estimate of drug-likeness (QED) is 0.479. The topological polar surface area (TPSA) is 69.1 Å². The molecule has 0 radical (unpaired) electrons. The highest BCUT2D eigenvalue weighted by atomic mass is 16.2. The van der Waals surface area contributed by atoms with Crippen molar-refractivity contribution >= 4 is 22.4 Å². The highest BCUT2D eigenvalue weighted by Crippen LogP contribution is 2.34. The number of azide groups is 1. The molecular formula is C16H16N4O. The summed E-state index contributed by atoms with van der Waals surface area (Å²) in [7, 11) is 0. The van der Waals surface area contributed by atoms with Gasteiger partial charge in [-0.1, -0.05) is 41.5 Å². The van der Waals surface area contributed by atoms with E-state index >= 15 is 0 Å². The van der Waals surface area contributed by atoms with Crippen LogP contribution in [0.15, 0.2) is 41.5 Å². The molecule has 0 aliphatic carbocycles. The van der Waals surface area contributed by atoms with Crippen LogP contribution in [0.2, 0.25) is 0 Å². The Bertz CT molecular complexity index is 749. The molecule has 5 heteroatoms. The summed E-state index contributed by atoms with van der Waals surface area (Å²) < 4.78 is 0. The number of hydrogen-bond acceptors (Lipinski definition) is 2. The van der Waals surface area contributed by atoms with E-state index in [-0.39, 0.29) is 11.8 Å². The van der Waals surface area contributed by atoms with E-state index in [0.717, 1.165) is 22.0 Å². The molecule has 2 aromatic carbocycles. The maximum absolute atomic E-state index is 12.3. The number of amides is 1. The van der Waals surface area contributed by atoms with Crippen LogP contribution in [-0.2, 0) is 4.79 Å². The number of anilines is 1.